The summed E-state index contributed by atoms with van der Waals surface area (Å²) in [5.74, 6) is -1.01. The maximum absolute atomic E-state index is 13.7. The molecule has 23 heavy (non-hydrogen) atoms. The zero-order chi connectivity index (χ0) is 16.9. The van der Waals surface area contributed by atoms with Crippen LogP contribution in [0.1, 0.15) is 11.8 Å². The second-order valence-corrected chi connectivity index (χ2v) is 5.31. The Morgan fingerprint density at radius 3 is 2.70 bits per heavy atom. The highest BCUT2D eigenvalue weighted by atomic mass is 19.1. The Hall–Kier alpha value is -2.14. The Balaban J connectivity index is 2.18. The fourth-order valence-electron chi connectivity index (χ4n) is 2.58. The quantitative estimate of drug-likeness (QED) is 0.508. The molecule has 0 spiro atoms. The van der Waals surface area contributed by atoms with E-state index in [0.717, 1.165) is 4.57 Å². The average molecular weight is 327 g/mol. The molecule has 10 heteroatoms. The number of rotatable bonds is 2. The van der Waals surface area contributed by atoms with Crippen molar-refractivity contribution in [2.75, 3.05) is 6.61 Å². The highest BCUT2D eigenvalue weighted by Crippen LogP contribution is 2.28. The smallest absolute Gasteiger partial charge is 0.351 e. The largest absolute Gasteiger partial charge is 0.394 e. The van der Waals surface area contributed by atoms with Crippen LogP contribution < -0.4 is 11.2 Å². The number of aromatic nitrogens is 3. The van der Waals surface area contributed by atoms with Crippen LogP contribution in [0.25, 0.3) is 11.0 Å². The van der Waals surface area contributed by atoms with E-state index in [-0.39, 0.29) is 16.6 Å². The monoisotopic (exact) mass is 327 g/mol. The minimum absolute atomic E-state index is 0.0169. The van der Waals surface area contributed by atoms with Crippen molar-refractivity contribution in [2.24, 2.45) is 0 Å². The molecule has 3 heterocycles. The summed E-state index contributed by atoms with van der Waals surface area (Å²) in [7, 11) is 0. The van der Waals surface area contributed by atoms with Crippen LogP contribution in [-0.4, -0.2) is 54.8 Å². The fraction of sp³-hybridized carbons (Fsp3) is 0.462. The molecule has 0 bridgehead atoms. The number of ether oxygens (including phenoxy) is 1. The molecular weight excluding hydrogens is 313 g/mol. The highest BCUT2D eigenvalue weighted by Gasteiger charge is 2.43. The number of halogens is 1. The van der Waals surface area contributed by atoms with Gasteiger partial charge in [0.2, 0.25) is 0 Å². The molecule has 0 radical (unpaired) electrons. The van der Waals surface area contributed by atoms with Crippen molar-refractivity contribution in [1.29, 1.82) is 0 Å². The van der Waals surface area contributed by atoms with Crippen LogP contribution in [0.2, 0.25) is 0 Å². The molecule has 0 aliphatic carbocycles. The summed E-state index contributed by atoms with van der Waals surface area (Å²) in [6.45, 7) is 0.798. The lowest BCUT2D eigenvalue weighted by Gasteiger charge is -2.17. The van der Waals surface area contributed by atoms with Gasteiger partial charge in [0.1, 0.15) is 24.0 Å². The highest BCUT2D eigenvalue weighted by molar-refractivity contribution is 5.77. The summed E-state index contributed by atoms with van der Waals surface area (Å²) < 4.78 is 19.9. The minimum atomic E-state index is -1.47. The molecule has 1 aliphatic rings. The molecule has 2 unspecified atom stereocenters. The third kappa shape index (κ3) is 2.36. The topological polar surface area (TPSA) is 138 Å². The first-order valence-corrected chi connectivity index (χ1v) is 6.79. The van der Waals surface area contributed by atoms with Gasteiger partial charge in [-0.25, -0.2) is 9.18 Å². The van der Waals surface area contributed by atoms with E-state index in [9.17, 15) is 24.2 Å². The van der Waals surface area contributed by atoms with Gasteiger partial charge < -0.3 is 25.0 Å². The maximum atomic E-state index is 13.7. The Morgan fingerprint density at radius 2 is 2.09 bits per heavy atom. The van der Waals surface area contributed by atoms with Crippen molar-refractivity contribution in [1.82, 2.24) is 14.5 Å². The van der Waals surface area contributed by atoms with Gasteiger partial charge in [-0.3, -0.25) is 9.36 Å². The molecule has 2 aromatic rings. The molecule has 0 amide bonds. The van der Waals surface area contributed by atoms with E-state index in [4.69, 9.17) is 9.84 Å². The van der Waals surface area contributed by atoms with E-state index in [1.54, 1.807) is 0 Å². The molecule has 9 nitrogen and oxygen atoms in total. The molecule has 0 aromatic carbocycles. The molecule has 1 aliphatic heterocycles. The number of H-pyrrole nitrogens is 1. The molecule has 3 rings (SSSR count). The predicted octanol–water partition coefficient (Wildman–Crippen LogP) is -1.86. The number of aromatic amines is 1. The summed E-state index contributed by atoms with van der Waals surface area (Å²) >= 11 is 0. The van der Waals surface area contributed by atoms with Gasteiger partial charge in [0.15, 0.2) is 12.0 Å². The average Bonchev–Trinajstić information content (AvgIpc) is 2.80. The predicted molar refractivity (Wildman–Crippen MR) is 74.3 cm³/mol. The van der Waals surface area contributed by atoms with Crippen molar-refractivity contribution in [3.05, 3.63) is 38.4 Å². The third-order valence-electron chi connectivity index (χ3n) is 3.91. The second kappa shape index (κ2) is 5.49. The molecule has 1 saturated heterocycles. The number of aliphatic hydroxyl groups is 3. The van der Waals surface area contributed by atoms with Crippen LogP contribution in [0.4, 0.5) is 4.39 Å². The molecule has 1 fully saturated rings. The zero-order valence-corrected chi connectivity index (χ0v) is 11.9. The van der Waals surface area contributed by atoms with Gasteiger partial charge in [0.25, 0.3) is 5.56 Å². The first-order chi connectivity index (χ1) is 10.8. The maximum Gasteiger partial charge on any atom is 0.351 e. The van der Waals surface area contributed by atoms with E-state index in [1.165, 1.54) is 13.1 Å². The van der Waals surface area contributed by atoms with Gasteiger partial charge in [-0.15, -0.1) is 0 Å². The number of fused-ring (bicyclic) bond motifs is 1. The number of nitrogens with one attached hydrogen (secondary N) is 1. The lowest BCUT2D eigenvalue weighted by atomic mass is 10.1. The van der Waals surface area contributed by atoms with Crippen LogP contribution in [0.3, 0.4) is 0 Å². The number of aliphatic hydroxyl groups excluding tert-OH is 3. The summed E-state index contributed by atoms with van der Waals surface area (Å²) in [4.78, 5) is 29.2. The number of pyridine rings is 1. The lowest BCUT2D eigenvalue weighted by molar-refractivity contribution is -0.0547. The van der Waals surface area contributed by atoms with E-state index < -0.39 is 48.2 Å². The number of nitrogens with zero attached hydrogens (tertiary/aromatic N) is 2. The van der Waals surface area contributed by atoms with Crippen LogP contribution in [0, 0.1) is 12.7 Å². The number of hydrogen-bond donors (Lipinski definition) is 4. The lowest BCUT2D eigenvalue weighted by Crippen LogP contribution is -2.36. The Bertz CT molecular complexity index is 878. The third-order valence-corrected chi connectivity index (χ3v) is 3.91. The van der Waals surface area contributed by atoms with Crippen LogP contribution in [-0.2, 0) is 4.74 Å². The van der Waals surface area contributed by atoms with Crippen LogP contribution in [0.15, 0.2) is 15.8 Å². The van der Waals surface area contributed by atoms with Gasteiger partial charge in [-0.05, 0) is 6.92 Å². The van der Waals surface area contributed by atoms with Gasteiger partial charge in [0.05, 0.1) is 6.61 Å². The summed E-state index contributed by atoms with van der Waals surface area (Å²) in [5, 5.41) is 29.0. The summed E-state index contributed by atoms with van der Waals surface area (Å²) in [6, 6.07) is 0. The SMILES string of the molecule is Cc1c(F)c(=O)[nH]c2nc(=O)n([C@@H]3O[C@H](CO)C(O)C3O)cc12. The van der Waals surface area contributed by atoms with Gasteiger partial charge >= 0.3 is 5.69 Å². The van der Waals surface area contributed by atoms with E-state index >= 15 is 0 Å². The van der Waals surface area contributed by atoms with Crippen molar-refractivity contribution in [3.63, 3.8) is 0 Å². The molecule has 0 saturated carbocycles. The molecular formula is C13H14FN3O6. The van der Waals surface area contributed by atoms with Crippen LogP contribution in [0.5, 0.6) is 0 Å². The van der Waals surface area contributed by atoms with E-state index in [1.807, 2.05) is 0 Å². The van der Waals surface area contributed by atoms with Gasteiger partial charge in [-0.2, -0.15) is 4.98 Å². The Labute approximate surface area is 127 Å². The summed E-state index contributed by atoms with van der Waals surface area (Å²) in [5.41, 5.74) is -1.97. The zero-order valence-electron chi connectivity index (χ0n) is 11.9. The molecule has 2 aromatic heterocycles. The Kier molecular flexibility index (Phi) is 3.76. The normalized spacial score (nSPS) is 27.7. The van der Waals surface area contributed by atoms with Crippen LogP contribution >= 0.6 is 0 Å². The fourth-order valence-corrected chi connectivity index (χ4v) is 2.58. The van der Waals surface area contributed by atoms with Crippen molar-refractivity contribution in [3.8, 4) is 0 Å². The molecule has 4 atom stereocenters. The van der Waals surface area contributed by atoms with Crippen molar-refractivity contribution < 1.29 is 24.4 Å². The second-order valence-electron chi connectivity index (χ2n) is 5.31. The van der Waals surface area contributed by atoms with Gasteiger partial charge in [0, 0.05) is 17.1 Å². The Morgan fingerprint density at radius 1 is 1.39 bits per heavy atom. The number of hydrogen-bond acceptors (Lipinski definition) is 7. The minimum Gasteiger partial charge on any atom is -0.394 e. The first kappa shape index (κ1) is 15.7. The van der Waals surface area contributed by atoms with Gasteiger partial charge in [-0.1, -0.05) is 0 Å². The van der Waals surface area contributed by atoms with E-state index in [0.29, 0.717) is 0 Å². The van der Waals surface area contributed by atoms with Crippen molar-refractivity contribution >= 4 is 11.0 Å². The molecule has 124 valence electrons. The molecule has 4 N–H and O–H groups in total. The van der Waals surface area contributed by atoms with Crippen molar-refractivity contribution in [2.45, 2.75) is 31.5 Å². The van der Waals surface area contributed by atoms with E-state index in [2.05, 4.69) is 9.97 Å². The standard InChI is InChI=1S/C13H14FN3O6/c1-4-5-2-17(12-9(20)8(19)6(3-18)23-12)13(22)16-10(5)15-11(21)7(4)14/h2,6,8-9,12,18-20H,3H2,1H3,(H,15,16,21,22)/t6-,8?,9?,12-/m1/s1. The first-order valence-electron chi connectivity index (χ1n) is 6.79. The summed E-state index contributed by atoms with van der Waals surface area (Å²) in [6.07, 6.45) is -4.04. The number of aryl methyl sites for hydroxylation is 1.